The molecule has 2 amide bonds. The topological polar surface area (TPSA) is 116 Å². The molecule has 1 aromatic carbocycles. The highest BCUT2D eigenvalue weighted by atomic mass is 16.5. The van der Waals surface area contributed by atoms with Gasteiger partial charge < -0.3 is 30.0 Å². The number of nitrogens with zero attached hydrogens (tertiary/aromatic N) is 4. The van der Waals surface area contributed by atoms with Crippen LogP contribution in [0, 0.1) is 18.8 Å². The summed E-state index contributed by atoms with van der Waals surface area (Å²) in [5.74, 6) is 2.27. The van der Waals surface area contributed by atoms with Crippen LogP contribution in [0.25, 0.3) is 27.8 Å². The fourth-order valence-corrected chi connectivity index (χ4v) is 6.52. The Bertz CT molecular complexity index is 1690. The number of rotatable bonds is 8. The van der Waals surface area contributed by atoms with Crippen molar-refractivity contribution in [2.75, 3.05) is 33.4 Å². The second-order valence-corrected chi connectivity index (χ2v) is 12.2. The summed E-state index contributed by atoms with van der Waals surface area (Å²) >= 11 is 0. The summed E-state index contributed by atoms with van der Waals surface area (Å²) in [5.41, 5.74) is 11.5. The number of nitrogens with two attached hydrogens (primary N) is 1. The van der Waals surface area contributed by atoms with Gasteiger partial charge >= 0.3 is 0 Å². The van der Waals surface area contributed by atoms with Crippen molar-refractivity contribution >= 4 is 28.2 Å². The lowest BCUT2D eigenvalue weighted by atomic mass is 10.1. The van der Waals surface area contributed by atoms with Crippen molar-refractivity contribution < 1.29 is 19.1 Å². The van der Waals surface area contributed by atoms with E-state index >= 15 is 0 Å². The van der Waals surface area contributed by atoms with Crippen molar-refractivity contribution in [1.82, 2.24) is 24.4 Å². The van der Waals surface area contributed by atoms with E-state index in [0.717, 1.165) is 58.5 Å². The minimum atomic E-state index is -0.0520. The number of pyridine rings is 1. The Labute approximate surface area is 244 Å². The zero-order valence-corrected chi connectivity index (χ0v) is 24.3. The fourth-order valence-electron chi connectivity index (χ4n) is 6.52. The van der Waals surface area contributed by atoms with Crippen LogP contribution in [0.1, 0.15) is 48.0 Å². The van der Waals surface area contributed by atoms with E-state index in [-0.39, 0.29) is 23.8 Å². The summed E-state index contributed by atoms with van der Waals surface area (Å²) in [5, 5.41) is 9.05. The van der Waals surface area contributed by atoms with Crippen molar-refractivity contribution in [1.29, 1.82) is 0 Å². The van der Waals surface area contributed by atoms with Crippen LogP contribution in [0.15, 0.2) is 36.5 Å². The van der Waals surface area contributed by atoms with Crippen LogP contribution >= 0.6 is 0 Å². The second-order valence-electron chi connectivity index (χ2n) is 12.2. The Hall–Kier alpha value is -4.05. The summed E-state index contributed by atoms with van der Waals surface area (Å²) in [6.07, 6.45) is 6.58. The van der Waals surface area contributed by atoms with Crippen LogP contribution in [0.2, 0.25) is 0 Å². The lowest BCUT2D eigenvalue weighted by Gasteiger charge is -2.30. The molecule has 2 atom stereocenters. The number of hydrogen-bond acceptors (Lipinski definition) is 6. The zero-order chi connectivity index (χ0) is 29.0. The molecular formula is C32H38N6O4. The van der Waals surface area contributed by atoms with Crippen molar-refractivity contribution in [3.63, 3.8) is 0 Å². The van der Waals surface area contributed by atoms with E-state index in [2.05, 4.69) is 28.9 Å². The number of fused-ring (bicyclic) bond motifs is 2. The first kappa shape index (κ1) is 26.8. The average Bonchev–Trinajstić information content (AvgIpc) is 3.46. The molecule has 10 heteroatoms. The molecule has 7 rings (SSSR count). The van der Waals surface area contributed by atoms with Crippen molar-refractivity contribution in [3.8, 4) is 22.9 Å². The minimum Gasteiger partial charge on any atom is -0.494 e. The fraction of sp³-hybridized carbons (Fsp3) is 0.469. The van der Waals surface area contributed by atoms with Gasteiger partial charge in [0.2, 0.25) is 5.91 Å². The third kappa shape index (κ3) is 4.87. The number of benzene rings is 1. The first-order valence-electron chi connectivity index (χ1n) is 15.0. The zero-order valence-electron chi connectivity index (χ0n) is 24.3. The third-order valence-corrected chi connectivity index (χ3v) is 8.94. The molecule has 220 valence electrons. The standard InChI is InChI=1S/C32H38N6O4/c1-19-29(35-38-16-23(13-27(41-2)30(19)38)32(40)36-10-4-6-24(33)17-36)25-12-22-5-3-7-26(31(22)37(25)15-20-8-9-20)42-18-21-11-28(39)34-14-21/h3,5,7,12-13,16,20-21,24H,4,6,8-11,14-15,17-18,33H2,1-2H3,(H,34,39)/t21?,24-/m1/s1. The largest absolute Gasteiger partial charge is 0.494 e. The summed E-state index contributed by atoms with van der Waals surface area (Å²) < 4.78 is 16.3. The van der Waals surface area contributed by atoms with Crippen molar-refractivity contribution in [3.05, 3.63) is 47.7 Å². The molecule has 3 aromatic heterocycles. The van der Waals surface area contributed by atoms with Gasteiger partial charge in [-0.2, -0.15) is 5.10 Å². The predicted octanol–water partition coefficient (Wildman–Crippen LogP) is 3.76. The first-order valence-corrected chi connectivity index (χ1v) is 15.0. The van der Waals surface area contributed by atoms with Gasteiger partial charge in [0, 0.05) is 61.7 Å². The number of piperidine rings is 1. The van der Waals surface area contributed by atoms with Gasteiger partial charge in [0.25, 0.3) is 5.91 Å². The number of methoxy groups -OCH3 is 1. The Morgan fingerprint density at radius 3 is 2.74 bits per heavy atom. The van der Waals surface area contributed by atoms with Gasteiger partial charge in [-0.1, -0.05) is 12.1 Å². The monoisotopic (exact) mass is 570 g/mol. The molecular weight excluding hydrogens is 532 g/mol. The maximum absolute atomic E-state index is 13.5. The number of aryl methyl sites for hydroxylation is 1. The number of para-hydroxylation sites is 1. The molecule has 2 aliphatic heterocycles. The van der Waals surface area contributed by atoms with Gasteiger partial charge in [-0.05, 0) is 56.7 Å². The lowest BCUT2D eigenvalue weighted by molar-refractivity contribution is -0.119. The van der Waals surface area contributed by atoms with E-state index in [1.807, 2.05) is 29.3 Å². The van der Waals surface area contributed by atoms with Gasteiger partial charge in [-0.3, -0.25) is 9.59 Å². The van der Waals surface area contributed by atoms with Gasteiger partial charge in [-0.15, -0.1) is 0 Å². The maximum Gasteiger partial charge on any atom is 0.255 e. The van der Waals surface area contributed by atoms with Crippen LogP contribution in [0.4, 0.5) is 0 Å². The first-order chi connectivity index (χ1) is 20.4. The van der Waals surface area contributed by atoms with E-state index in [1.165, 1.54) is 12.8 Å². The molecule has 1 saturated carbocycles. The normalized spacial score (nSPS) is 20.8. The molecule has 0 radical (unpaired) electrons. The predicted molar refractivity (Wildman–Crippen MR) is 160 cm³/mol. The molecule has 5 heterocycles. The molecule has 1 unspecified atom stereocenters. The molecule has 2 saturated heterocycles. The highest BCUT2D eigenvalue weighted by Gasteiger charge is 2.29. The van der Waals surface area contributed by atoms with Crippen LogP contribution < -0.4 is 20.5 Å². The van der Waals surface area contributed by atoms with E-state index in [0.29, 0.717) is 49.9 Å². The van der Waals surface area contributed by atoms with Gasteiger partial charge in [0.05, 0.1) is 30.5 Å². The molecule has 42 heavy (non-hydrogen) atoms. The number of likely N-dealkylation sites (tertiary alicyclic amines) is 1. The molecule has 0 spiro atoms. The third-order valence-electron chi connectivity index (χ3n) is 8.94. The molecule has 3 aliphatic rings. The van der Waals surface area contributed by atoms with Gasteiger partial charge in [0.1, 0.15) is 22.7 Å². The van der Waals surface area contributed by atoms with Crippen LogP contribution in [-0.4, -0.2) is 70.3 Å². The van der Waals surface area contributed by atoms with Crippen LogP contribution in [-0.2, 0) is 11.3 Å². The van der Waals surface area contributed by atoms with Gasteiger partial charge in [0.15, 0.2) is 0 Å². The molecule has 3 N–H and O–H groups in total. The van der Waals surface area contributed by atoms with E-state index in [9.17, 15) is 9.59 Å². The minimum absolute atomic E-state index is 0.00598. The molecule has 1 aliphatic carbocycles. The SMILES string of the molecule is COc1cc(C(=O)N2CCC[C@@H](N)C2)cn2nc(-c3cc4cccc(OCC5CNC(=O)C5)c4n3CC3CC3)c(C)c12. The van der Waals surface area contributed by atoms with Crippen molar-refractivity contribution in [2.24, 2.45) is 17.6 Å². The summed E-state index contributed by atoms with van der Waals surface area (Å²) in [6.45, 7) is 5.35. The summed E-state index contributed by atoms with van der Waals surface area (Å²) in [7, 11) is 1.63. The average molecular weight is 571 g/mol. The highest BCUT2D eigenvalue weighted by molar-refractivity contribution is 5.96. The van der Waals surface area contributed by atoms with Crippen molar-refractivity contribution in [2.45, 2.75) is 51.6 Å². The van der Waals surface area contributed by atoms with E-state index < -0.39 is 0 Å². The number of carbonyl (C=O) groups excluding carboxylic acids is 2. The van der Waals surface area contributed by atoms with Crippen LogP contribution in [0.5, 0.6) is 11.5 Å². The Morgan fingerprint density at radius 1 is 1.14 bits per heavy atom. The number of ether oxygens (including phenoxy) is 2. The molecule has 10 nitrogen and oxygen atoms in total. The number of hydrogen-bond donors (Lipinski definition) is 2. The number of amides is 2. The van der Waals surface area contributed by atoms with E-state index in [1.54, 1.807) is 11.6 Å². The second kappa shape index (κ2) is 10.7. The summed E-state index contributed by atoms with van der Waals surface area (Å²) in [6, 6.07) is 10.2. The van der Waals surface area contributed by atoms with Gasteiger partial charge in [-0.25, -0.2) is 4.52 Å². The van der Waals surface area contributed by atoms with Crippen LogP contribution in [0.3, 0.4) is 0 Å². The number of aromatic nitrogens is 3. The Morgan fingerprint density at radius 2 is 2.00 bits per heavy atom. The smallest absolute Gasteiger partial charge is 0.255 e. The summed E-state index contributed by atoms with van der Waals surface area (Å²) in [4.78, 5) is 27.0. The maximum atomic E-state index is 13.5. The number of nitrogens with one attached hydrogen (secondary N) is 1. The Balaban J connectivity index is 1.30. The number of carbonyl (C=O) groups is 2. The molecule has 3 fully saturated rings. The molecule has 0 bridgehead atoms. The van der Waals surface area contributed by atoms with E-state index in [4.69, 9.17) is 20.3 Å². The highest BCUT2D eigenvalue weighted by Crippen LogP contribution is 2.41. The Kier molecular flexibility index (Phi) is 6.80. The lowest BCUT2D eigenvalue weighted by Crippen LogP contribution is -2.45. The quantitative estimate of drug-likeness (QED) is 0.333. The molecule has 4 aromatic rings.